The minimum absolute atomic E-state index is 0.0880. The lowest BCUT2D eigenvalue weighted by molar-refractivity contribution is -0.136. The molecule has 0 bridgehead atoms. The fraction of sp³-hybridized carbons (Fsp3) is 0.333. The minimum Gasteiger partial charge on any atom is -0.481 e. The van der Waals surface area contributed by atoms with Crippen LogP contribution in [0.3, 0.4) is 0 Å². The second-order valence-electron chi connectivity index (χ2n) is 2.95. The second-order valence-corrected chi connectivity index (χ2v) is 3.81. The van der Waals surface area contributed by atoms with Gasteiger partial charge in [-0.1, -0.05) is 0 Å². The summed E-state index contributed by atoms with van der Waals surface area (Å²) < 4.78 is 25.6. The number of carboxylic acid groups (broad SMARTS) is 1. The van der Waals surface area contributed by atoms with Crippen LogP contribution in [-0.4, -0.2) is 16.1 Å². The van der Waals surface area contributed by atoms with E-state index in [1.54, 1.807) is 0 Å². The lowest BCUT2D eigenvalue weighted by Gasteiger charge is -2.11. The highest BCUT2D eigenvalue weighted by molar-refractivity contribution is 9.10. The van der Waals surface area contributed by atoms with Crippen LogP contribution in [-0.2, 0) is 11.2 Å². The van der Waals surface area contributed by atoms with Crippen molar-refractivity contribution in [2.24, 2.45) is 0 Å². The van der Waals surface area contributed by atoms with Gasteiger partial charge < -0.3 is 5.11 Å². The number of hydrogen-bond donors (Lipinski definition) is 1. The molecule has 0 amide bonds. The van der Waals surface area contributed by atoms with Crippen molar-refractivity contribution in [2.45, 2.75) is 19.8 Å². The normalized spacial score (nSPS) is 10.7. The van der Waals surface area contributed by atoms with E-state index < -0.39 is 18.8 Å². The van der Waals surface area contributed by atoms with E-state index in [4.69, 9.17) is 5.11 Å². The predicted octanol–water partition coefficient (Wildman–Crippen LogP) is 2.72. The van der Waals surface area contributed by atoms with Gasteiger partial charge in [0.25, 0.3) is 6.43 Å². The molecule has 0 spiro atoms. The van der Waals surface area contributed by atoms with Gasteiger partial charge in [0.05, 0.1) is 6.42 Å². The average molecular weight is 280 g/mol. The number of aliphatic carboxylic acids is 1. The summed E-state index contributed by atoms with van der Waals surface area (Å²) >= 11 is 3.02. The van der Waals surface area contributed by atoms with E-state index in [2.05, 4.69) is 20.9 Å². The Morgan fingerprint density at radius 2 is 2.27 bits per heavy atom. The van der Waals surface area contributed by atoms with Gasteiger partial charge in [-0.3, -0.25) is 9.78 Å². The Kier molecular flexibility index (Phi) is 3.73. The molecule has 0 saturated carbocycles. The lowest BCUT2D eigenvalue weighted by Crippen LogP contribution is -2.07. The first kappa shape index (κ1) is 12.0. The average Bonchev–Trinajstić information content (AvgIpc) is 2.10. The highest BCUT2D eigenvalue weighted by Crippen LogP contribution is 2.30. The third-order valence-electron chi connectivity index (χ3n) is 1.92. The molecule has 1 aromatic rings. The predicted molar refractivity (Wildman–Crippen MR) is 53.0 cm³/mol. The Morgan fingerprint density at radius 1 is 1.67 bits per heavy atom. The highest BCUT2D eigenvalue weighted by atomic mass is 79.9. The van der Waals surface area contributed by atoms with Gasteiger partial charge in [-0.15, -0.1) is 0 Å². The van der Waals surface area contributed by atoms with Gasteiger partial charge in [0.1, 0.15) is 0 Å². The molecule has 0 aliphatic carbocycles. The zero-order valence-corrected chi connectivity index (χ0v) is 9.38. The molecule has 1 heterocycles. The van der Waals surface area contributed by atoms with E-state index in [1.165, 1.54) is 13.1 Å². The first-order valence-electron chi connectivity index (χ1n) is 4.07. The maximum Gasteiger partial charge on any atom is 0.307 e. The van der Waals surface area contributed by atoms with Crippen molar-refractivity contribution in [2.75, 3.05) is 0 Å². The molecule has 0 aliphatic rings. The summed E-state index contributed by atoms with van der Waals surface area (Å²) in [6.45, 7) is 1.43. The number of nitrogens with zero attached hydrogens (tertiary/aromatic N) is 1. The smallest absolute Gasteiger partial charge is 0.307 e. The molecule has 0 fully saturated rings. The summed E-state index contributed by atoms with van der Waals surface area (Å²) in [4.78, 5) is 14.3. The van der Waals surface area contributed by atoms with Gasteiger partial charge in [0.15, 0.2) is 0 Å². The molecular formula is C9H8BrF2NO2. The summed E-state index contributed by atoms with van der Waals surface area (Å²) in [6, 6.07) is 0. The van der Waals surface area contributed by atoms with Crippen molar-refractivity contribution < 1.29 is 18.7 Å². The quantitative estimate of drug-likeness (QED) is 0.926. The van der Waals surface area contributed by atoms with E-state index in [-0.39, 0.29) is 16.8 Å². The van der Waals surface area contributed by atoms with Crippen molar-refractivity contribution in [1.29, 1.82) is 0 Å². The van der Waals surface area contributed by atoms with Crippen molar-refractivity contribution in [3.8, 4) is 0 Å². The topological polar surface area (TPSA) is 50.2 Å². The number of hydrogen-bond acceptors (Lipinski definition) is 2. The van der Waals surface area contributed by atoms with Gasteiger partial charge in [-0.2, -0.15) is 0 Å². The molecule has 82 valence electrons. The SMILES string of the molecule is Cc1ncc(Br)c(CC(=O)O)c1C(F)F. The Labute approximate surface area is 93.3 Å². The monoisotopic (exact) mass is 279 g/mol. The van der Waals surface area contributed by atoms with Crippen LogP contribution in [0.25, 0.3) is 0 Å². The van der Waals surface area contributed by atoms with Gasteiger partial charge in [-0.05, 0) is 28.4 Å². The number of carbonyl (C=O) groups is 1. The molecule has 0 unspecified atom stereocenters. The number of rotatable bonds is 3. The number of pyridine rings is 1. The Balaban J connectivity index is 3.31. The first-order valence-corrected chi connectivity index (χ1v) is 4.86. The molecule has 0 aliphatic heterocycles. The van der Waals surface area contributed by atoms with Crippen LogP contribution < -0.4 is 0 Å². The van der Waals surface area contributed by atoms with Crippen LogP contribution in [0.1, 0.15) is 23.2 Å². The van der Waals surface area contributed by atoms with Crippen molar-refractivity contribution in [1.82, 2.24) is 4.98 Å². The molecule has 3 nitrogen and oxygen atoms in total. The van der Waals surface area contributed by atoms with Gasteiger partial charge in [0.2, 0.25) is 0 Å². The Bertz CT molecular complexity index is 396. The highest BCUT2D eigenvalue weighted by Gasteiger charge is 2.20. The van der Waals surface area contributed by atoms with Crippen LogP contribution in [0.2, 0.25) is 0 Å². The summed E-state index contributed by atoms with van der Waals surface area (Å²) in [5.74, 6) is -1.15. The van der Waals surface area contributed by atoms with Crippen LogP contribution in [0, 0.1) is 6.92 Å². The molecule has 0 saturated heterocycles. The van der Waals surface area contributed by atoms with Crippen LogP contribution in [0.4, 0.5) is 8.78 Å². The Hall–Kier alpha value is -1.04. The minimum atomic E-state index is -2.72. The summed E-state index contributed by atoms with van der Waals surface area (Å²) in [7, 11) is 0. The molecule has 1 rings (SSSR count). The molecular weight excluding hydrogens is 272 g/mol. The molecule has 1 N–H and O–H groups in total. The number of alkyl halides is 2. The maximum atomic E-state index is 12.7. The van der Waals surface area contributed by atoms with Crippen LogP contribution >= 0.6 is 15.9 Å². The van der Waals surface area contributed by atoms with Crippen molar-refractivity contribution in [3.63, 3.8) is 0 Å². The zero-order valence-electron chi connectivity index (χ0n) is 7.80. The lowest BCUT2D eigenvalue weighted by atomic mass is 10.0. The Morgan fingerprint density at radius 3 is 2.73 bits per heavy atom. The summed E-state index contributed by atoms with van der Waals surface area (Å²) in [6.07, 6.45) is -1.83. The number of carboxylic acids is 1. The van der Waals surface area contributed by atoms with Crippen molar-refractivity contribution >= 4 is 21.9 Å². The van der Waals surface area contributed by atoms with Crippen molar-refractivity contribution in [3.05, 3.63) is 27.5 Å². The molecule has 1 aromatic heterocycles. The fourth-order valence-corrected chi connectivity index (χ4v) is 1.72. The number of aromatic nitrogens is 1. The van der Waals surface area contributed by atoms with E-state index in [9.17, 15) is 13.6 Å². The van der Waals surface area contributed by atoms with Gasteiger partial charge in [0, 0.05) is 21.9 Å². The first-order chi connectivity index (χ1) is 6.93. The summed E-state index contributed by atoms with van der Waals surface area (Å²) in [5, 5.41) is 8.60. The molecule has 0 radical (unpaired) electrons. The van der Waals surface area contributed by atoms with Crippen LogP contribution in [0.5, 0.6) is 0 Å². The van der Waals surface area contributed by atoms with Crippen LogP contribution in [0.15, 0.2) is 10.7 Å². The number of halogens is 3. The standard InChI is InChI=1S/C9H8BrF2NO2/c1-4-8(9(11)12)5(2-7(14)15)6(10)3-13-4/h3,9H,2H2,1H3,(H,14,15). The summed E-state index contributed by atoms with van der Waals surface area (Å²) in [5.41, 5.74) is -0.0544. The van der Waals surface area contributed by atoms with E-state index in [0.717, 1.165) is 0 Å². The van der Waals surface area contributed by atoms with E-state index in [0.29, 0.717) is 4.47 Å². The maximum absolute atomic E-state index is 12.7. The molecule has 0 aromatic carbocycles. The molecule has 15 heavy (non-hydrogen) atoms. The third kappa shape index (κ3) is 2.71. The van der Waals surface area contributed by atoms with Gasteiger partial charge >= 0.3 is 5.97 Å². The zero-order chi connectivity index (χ0) is 11.6. The second kappa shape index (κ2) is 4.65. The van der Waals surface area contributed by atoms with E-state index >= 15 is 0 Å². The van der Waals surface area contributed by atoms with Gasteiger partial charge in [-0.25, -0.2) is 8.78 Å². The molecule has 0 atom stereocenters. The molecule has 6 heteroatoms. The largest absolute Gasteiger partial charge is 0.481 e. The van der Waals surface area contributed by atoms with E-state index in [1.807, 2.05) is 0 Å². The number of aryl methyl sites for hydroxylation is 1. The fourth-order valence-electron chi connectivity index (χ4n) is 1.27. The third-order valence-corrected chi connectivity index (χ3v) is 2.60.